The standard InChI is InChI=1S/C42H83N2O6P/c1-6-8-10-12-14-16-18-20-21-22-24-25-27-29-31-33-35-41(45)40(39-50-51(47,48)49-38-37-44(3,4)5)43-42(46)36-34-32-30-28-26-23-19-17-15-13-11-9-7-2/h17,19,33,35,40-41,45H,6-16,18,20-32,34,36-39H2,1-5H3,(H-,43,46,47,48)/b19-17-,35-33+. The van der Waals surface area contributed by atoms with E-state index in [1.807, 2.05) is 27.2 Å². The zero-order chi connectivity index (χ0) is 37.9. The first-order valence-corrected chi connectivity index (χ1v) is 22.7. The average Bonchev–Trinajstić information content (AvgIpc) is 3.07. The Bertz CT molecular complexity index is 891. The summed E-state index contributed by atoms with van der Waals surface area (Å²) >= 11 is 0. The minimum Gasteiger partial charge on any atom is -0.756 e. The molecule has 0 bridgehead atoms. The van der Waals surface area contributed by atoms with Gasteiger partial charge in [-0.15, -0.1) is 0 Å². The highest BCUT2D eigenvalue weighted by Crippen LogP contribution is 2.38. The number of phosphoric ester groups is 1. The first kappa shape index (κ1) is 50.0. The van der Waals surface area contributed by atoms with E-state index in [1.165, 1.54) is 116 Å². The number of allylic oxidation sites excluding steroid dienone is 3. The lowest BCUT2D eigenvalue weighted by Crippen LogP contribution is -2.45. The molecule has 0 aliphatic carbocycles. The molecule has 1 amide bonds. The van der Waals surface area contributed by atoms with Crippen LogP contribution in [0.3, 0.4) is 0 Å². The van der Waals surface area contributed by atoms with Gasteiger partial charge in [0.15, 0.2) is 0 Å². The number of aliphatic hydroxyl groups is 1. The van der Waals surface area contributed by atoms with Crippen molar-refractivity contribution in [1.29, 1.82) is 0 Å². The van der Waals surface area contributed by atoms with E-state index < -0.39 is 20.0 Å². The Hall–Kier alpha value is -1.02. The number of hydrogen-bond donors (Lipinski definition) is 2. The fraction of sp³-hybridized carbons (Fsp3) is 0.881. The smallest absolute Gasteiger partial charge is 0.268 e. The highest BCUT2D eigenvalue weighted by atomic mass is 31.2. The van der Waals surface area contributed by atoms with Crippen LogP contribution in [0.1, 0.15) is 187 Å². The second-order valence-corrected chi connectivity index (χ2v) is 17.1. The SMILES string of the molecule is CCCCCC/C=C\CCCCCCCC(=O)NC(COP(=O)([O-])OCC[N+](C)(C)C)C(O)/C=C/CCCCCCCCCCCCCCCC. The quantitative estimate of drug-likeness (QED) is 0.0282. The summed E-state index contributed by atoms with van der Waals surface area (Å²) in [4.78, 5) is 25.2. The lowest BCUT2D eigenvalue weighted by Gasteiger charge is -2.29. The van der Waals surface area contributed by atoms with Gasteiger partial charge in [0.25, 0.3) is 7.82 Å². The van der Waals surface area contributed by atoms with Crippen LogP contribution >= 0.6 is 7.82 Å². The van der Waals surface area contributed by atoms with E-state index in [-0.39, 0.29) is 19.1 Å². The van der Waals surface area contributed by atoms with Crippen LogP contribution in [0.15, 0.2) is 24.3 Å². The van der Waals surface area contributed by atoms with Crippen molar-refractivity contribution >= 4 is 13.7 Å². The number of unbranched alkanes of at least 4 members (excludes halogenated alkanes) is 23. The predicted octanol–water partition coefficient (Wildman–Crippen LogP) is 10.7. The molecule has 0 spiro atoms. The Kier molecular flexibility index (Phi) is 34.0. The Labute approximate surface area is 315 Å². The van der Waals surface area contributed by atoms with Gasteiger partial charge in [-0.1, -0.05) is 160 Å². The lowest BCUT2D eigenvalue weighted by atomic mass is 10.0. The molecule has 0 radical (unpaired) electrons. The van der Waals surface area contributed by atoms with Crippen molar-refractivity contribution in [3.63, 3.8) is 0 Å². The molecule has 0 rings (SSSR count). The third kappa shape index (κ3) is 37.1. The molecule has 0 saturated carbocycles. The normalized spacial score (nSPS) is 14.7. The van der Waals surface area contributed by atoms with Crippen LogP contribution in [0.5, 0.6) is 0 Å². The molecule has 0 saturated heterocycles. The van der Waals surface area contributed by atoms with Crippen molar-refractivity contribution in [2.24, 2.45) is 0 Å². The van der Waals surface area contributed by atoms with Gasteiger partial charge in [-0.2, -0.15) is 0 Å². The number of phosphoric acid groups is 1. The van der Waals surface area contributed by atoms with E-state index in [0.29, 0.717) is 17.4 Å². The van der Waals surface area contributed by atoms with Gasteiger partial charge in [0.05, 0.1) is 39.9 Å². The molecule has 51 heavy (non-hydrogen) atoms. The van der Waals surface area contributed by atoms with Crippen molar-refractivity contribution in [2.45, 2.75) is 199 Å². The summed E-state index contributed by atoms with van der Waals surface area (Å²) in [5.74, 6) is -0.208. The number of carbonyl (C=O) groups is 1. The van der Waals surface area contributed by atoms with Gasteiger partial charge in [0, 0.05) is 6.42 Å². The molecule has 302 valence electrons. The second kappa shape index (κ2) is 34.7. The van der Waals surface area contributed by atoms with Gasteiger partial charge in [-0.25, -0.2) is 0 Å². The average molecular weight is 743 g/mol. The molecule has 0 aliphatic rings. The molecule has 3 atom stereocenters. The summed E-state index contributed by atoms with van der Waals surface area (Å²) in [5, 5.41) is 13.7. The number of rotatable bonds is 38. The fourth-order valence-corrected chi connectivity index (χ4v) is 6.69. The Morgan fingerprint density at radius 2 is 1.08 bits per heavy atom. The van der Waals surface area contributed by atoms with Crippen LogP contribution in [-0.4, -0.2) is 68.5 Å². The van der Waals surface area contributed by atoms with Crippen molar-refractivity contribution in [3.8, 4) is 0 Å². The van der Waals surface area contributed by atoms with Crippen molar-refractivity contribution in [2.75, 3.05) is 40.9 Å². The van der Waals surface area contributed by atoms with Crippen LogP contribution in [0, 0.1) is 0 Å². The zero-order valence-corrected chi connectivity index (χ0v) is 35.0. The Balaban J connectivity index is 4.48. The van der Waals surface area contributed by atoms with Gasteiger partial charge >= 0.3 is 0 Å². The number of aliphatic hydroxyl groups excluding tert-OH is 1. The number of likely N-dealkylation sites (N-methyl/N-ethyl adjacent to an activating group) is 1. The van der Waals surface area contributed by atoms with E-state index >= 15 is 0 Å². The van der Waals surface area contributed by atoms with E-state index in [2.05, 4.69) is 31.3 Å². The summed E-state index contributed by atoms with van der Waals surface area (Å²) in [7, 11) is 1.26. The van der Waals surface area contributed by atoms with Gasteiger partial charge in [0.1, 0.15) is 13.2 Å². The van der Waals surface area contributed by atoms with E-state index in [0.717, 1.165) is 51.4 Å². The minimum absolute atomic E-state index is 0.00170. The predicted molar refractivity (Wildman–Crippen MR) is 215 cm³/mol. The summed E-state index contributed by atoms with van der Waals surface area (Å²) in [6, 6.07) is -0.886. The molecular formula is C42H83N2O6P. The van der Waals surface area contributed by atoms with Crippen LogP contribution in [0.4, 0.5) is 0 Å². The maximum absolute atomic E-state index is 12.8. The monoisotopic (exact) mass is 743 g/mol. The van der Waals surface area contributed by atoms with Crippen molar-refractivity contribution in [3.05, 3.63) is 24.3 Å². The molecule has 0 fully saturated rings. The molecule has 2 N–H and O–H groups in total. The highest BCUT2D eigenvalue weighted by molar-refractivity contribution is 7.45. The maximum atomic E-state index is 12.8. The first-order valence-electron chi connectivity index (χ1n) is 21.2. The summed E-state index contributed by atoms with van der Waals surface area (Å²) in [5.41, 5.74) is 0. The third-order valence-electron chi connectivity index (χ3n) is 9.41. The van der Waals surface area contributed by atoms with Gasteiger partial charge < -0.3 is 28.8 Å². The van der Waals surface area contributed by atoms with Crippen molar-refractivity contribution in [1.82, 2.24) is 5.32 Å². The minimum atomic E-state index is -4.58. The van der Waals surface area contributed by atoms with Crippen LogP contribution < -0.4 is 10.2 Å². The molecule has 9 heteroatoms. The number of nitrogens with zero attached hydrogens (tertiary/aromatic N) is 1. The molecule has 0 heterocycles. The van der Waals surface area contributed by atoms with Crippen LogP contribution in [0.25, 0.3) is 0 Å². The number of quaternary nitrogens is 1. The molecule has 3 unspecified atom stereocenters. The topological polar surface area (TPSA) is 108 Å². The molecule has 0 aromatic carbocycles. The zero-order valence-electron chi connectivity index (χ0n) is 34.1. The number of hydrogen-bond acceptors (Lipinski definition) is 6. The molecule has 0 aromatic rings. The Morgan fingerprint density at radius 3 is 1.55 bits per heavy atom. The van der Waals surface area contributed by atoms with Gasteiger partial charge in [-0.05, 0) is 44.9 Å². The Morgan fingerprint density at radius 1 is 0.667 bits per heavy atom. The van der Waals surface area contributed by atoms with E-state index in [4.69, 9.17) is 9.05 Å². The first-order chi connectivity index (χ1) is 24.5. The summed E-state index contributed by atoms with van der Waals surface area (Å²) in [6.07, 6.45) is 39.3. The number of carbonyl (C=O) groups excluding carboxylic acids is 1. The number of nitrogens with one attached hydrogen (secondary N) is 1. The third-order valence-corrected chi connectivity index (χ3v) is 10.4. The van der Waals surface area contributed by atoms with Gasteiger partial charge in [-0.3, -0.25) is 9.36 Å². The van der Waals surface area contributed by atoms with E-state index in [1.54, 1.807) is 6.08 Å². The molecular weight excluding hydrogens is 659 g/mol. The fourth-order valence-electron chi connectivity index (χ4n) is 5.97. The molecule has 8 nitrogen and oxygen atoms in total. The van der Waals surface area contributed by atoms with Gasteiger partial charge in [0.2, 0.25) is 5.91 Å². The van der Waals surface area contributed by atoms with Crippen LogP contribution in [-0.2, 0) is 18.4 Å². The highest BCUT2D eigenvalue weighted by Gasteiger charge is 2.23. The largest absolute Gasteiger partial charge is 0.756 e. The number of amides is 1. The summed E-state index contributed by atoms with van der Waals surface area (Å²) < 4.78 is 23.1. The van der Waals surface area contributed by atoms with E-state index in [9.17, 15) is 19.4 Å². The maximum Gasteiger partial charge on any atom is 0.268 e. The molecule has 0 aromatic heterocycles. The second-order valence-electron chi connectivity index (χ2n) is 15.7. The van der Waals surface area contributed by atoms with Crippen LogP contribution in [0.2, 0.25) is 0 Å². The van der Waals surface area contributed by atoms with Crippen molar-refractivity contribution < 1.29 is 32.9 Å². The molecule has 0 aliphatic heterocycles. The lowest BCUT2D eigenvalue weighted by molar-refractivity contribution is -0.870. The summed E-state index contributed by atoms with van der Waals surface area (Å²) in [6.45, 7) is 4.62.